The maximum absolute atomic E-state index is 12.0. The normalized spacial score (nSPS) is 10.6. The molecule has 0 aliphatic heterocycles. The smallest absolute Gasteiger partial charge is 0.255 e. The molecule has 1 rings (SSSR count). The Balaban J connectivity index is 2.55. The molecule has 1 amide bonds. The van der Waals surface area contributed by atoms with Crippen LogP contribution in [0.1, 0.15) is 24.2 Å². The summed E-state index contributed by atoms with van der Waals surface area (Å²) in [6.45, 7) is 4.97. The summed E-state index contributed by atoms with van der Waals surface area (Å²) < 4.78 is 5.39. The molecule has 5 heteroatoms. The highest BCUT2D eigenvalue weighted by Gasteiger charge is 2.14. The number of rotatable bonds is 5. The van der Waals surface area contributed by atoms with Gasteiger partial charge in [-0.2, -0.15) is 0 Å². The van der Waals surface area contributed by atoms with Gasteiger partial charge in [-0.1, -0.05) is 11.6 Å². The van der Waals surface area contributed by atoms with E-state index in [-0.39, 0.29) is 12.0 Å². The minimum atomic E-state index is -0.121. The number of pyridine rings is 1. The molecule has 1 aromatic heterocycles. The maximum atomic E-state index is 12.0. The first-order valence-electron chi connectivity index (χ1n) is 5.49. The number of hydrogen-bond acceptors (Lipinski definition) is 3. The summed E-state index contributed by atoms with van der Waals surface area (Å²) in [5.74, 6) is -0.121. The van der Waals surface area contributed by atoms with Crippen molar-refractivity contribution in [3.63, 3.8) is 0 Å². The first kappa shape index (κ1) is 13.9. The number of halogens is 1. The molecule has 0 bridgehead atoms. The molecule has 0 unspecified atom stereocenters. The Morgan fingerprint density at radius 2 is 2.29 bits per heavy atom. The number of carbonyl (C=O) groups is 1. The molecule has 0 fully saturated rings. The molecule has 0 aliphatic carbocycles. The van der Waals surface area contributed by atoms with Gasteiger partial charge in [0.25, 0.3) is 5.91 Å². The van der Waals surface area contributed by atoms with E-state index < -0.39 is 0 Å². The average molecular weight is 257 g/mol. The van der Waals surface area contributed by atoms with Gasteiger partial charge in [-0.3, -0.25) is 9.78 Å². The van der Waals surface area contributed by atoms with Crippen LogP contribution in [-0.2, 0) is 4.74 Å². The summed E-state index contributed by atoms with van der Waals surface area (Å²) in [4.78, 5) is 17.4. The summed E-state index contributed by atoms with van der Waals surface area (Å²) in [5.41, 5.74) is 0.466. The van der Waals surface area contributed by atoms with E-state index in [4.69, 9.17) is 16.3 Å². The third-order valence-electron chi connectivity index (χ3n) is 2.23. The molecule has 0 spiro atoms. The first-order chi connectivity index (χ1) is 8.02. The van der Waals surface area contributed by atoms with Crippen LogP contribution in [0.5, 0.6) is 0 Å². The summed E-state index contributed by atoms with van der Waals surface area (Å²) in [6.07, 6.45) is 3.19. The van der Waals surface area contributed by atoms with Crippen molar-refractivity contribution in [2.75, 3.05) is 20.2 Å². The Kier molecular flexibility index (Phi) is 5.38. The number of ether oxygens (including phenoxy) is 1. The van der Waals surface area contributed by atoms with E-state index >= 15 is 0 Å². The largest absolute Gasteiger partial charge is 0.377 e. The summed E-state index contributed by atoms with van der Waals surface area (Å²) in [6, 6.07) is 1.62. The molecule has 17 heavy (non-hydrogen) atoms. The zero-order valence-electron chi connectivity index (χ0n) is 10.3. The summed E-state index contributed by atoms with van der Waals surface area (Å²) in [5, 5.41) is 0.370. The van der Waals surface area contributed by atoms with Crippen LogP contribution in [0.25, 0.3) is 0 Å². The summed E-state index contributed by atoms with van der Waals surface area (Å²) >= 11 is 5.91. The highest BCUT2D eigenvalue weighted by Crippen LogP contribution is 2.14. The predicted molar refractivity (Wildman–Crippen MR) is 67.3 cm³/mol. The molecule has 0 N–H and O–H groups in total. The third-order valence-corrected chi connectivity index (χ3v) is 2.53. The second-order valence-corrected chi connectivity index (χ2v) is 4.41. The second kappa shape index (κ2) is 6.57. The molecule has 0 aromatic carbocycles. The van der Waals surface area contributed by atoms with E-state index in [0.29, 0.717) is 23.7 Å². The Hall–Kier alpha value is -1.13. The van der Waals surface area contributed by atoms with Crippen LogP contribution >= 0.6 is 11.6 Å². The number of nitrogens with zero attached hydrogens (tertiary/aromatic N) is 2. The van der Waals surface area contributed by atoms with Gasteiger partial charge in [-0.25, -0.2) is 0 Å². The molecular weight excluding hydrogens is 240 g/mol. The molecule has 4 nitrogen and oxygen atoms in total. The zero-order valence-corrected chi connectivity index (χ0v) is 11.1. The van der Waals surface area contributed by atoms with Gasteiger partial charge in [0.15, 0.2) is 0 Å². The second-order valence-electron chi connectivity index (χ2n) is 4.00. The van der Waals surface area contributed by atoms with Crippen molar-refractivity contribution in [3.8, 4) is 0 Å². The zero-order chi connectivity index (χ0) is 12.8. The van der Waals surface area contributed by atoms with Crippen molar-refractivity contribution in [2.24, 2.45) is 0 Å². The number of likely N-dealkylation sites (N-methyl/N-ethyl adjacent to an activating group) is 1. The number of carbonyl (C=O) groups excluding carboxylic acids is 1. The Labute approximate surface area is 107 Å². The Morgan fingerprint density at radius 3 is 2.88 bits per heavy atom. The maximum Gasteiger partial charge on any atom is 0.255 e. The monoisotopic (exact) mass is 256 g/mol. The van der Waals surface area contributed by atoms with Crippen LogP contribution in [0.2, 0.25) is 5.02 Å². The van der Waals surface area contributed by atoms with Crippen LogP contribution in [0.3, 0.4) is 0 Å². The molecule has 0 radical (unpaired) electrons. The van der Waals surface area contributed by atoms with Crippen LogP contribution in [0, 0.1) is 0 Å². The fourth-order valence-corrected chi connectivity index (χ4v) is 1.48. The predicted octanol–water partition coefficient (Wildman–Crippen LogP) is 2.23. The van der Waals surface area contributed by atoms with Gasteiger partial charge in [0.05, 0.1) is 23.3 Å². The Bertz CT molecular complexity index is 383. The lowest BCUT2D eigenvalue weighted by Crippen LogP contribution is -2.31. The van der Waals surface area contributed by atoms with E-state index in [9.17, 15) is 4.79 Å². The minimum absolute atomic E-state index is 0.121. The molecule has 0 atom stereocenters. The van der Waals surface area contributed by atoms with E-state index in [1.54, 1.807) is 24.2 Å². The molecular formula is C12H17ClN2O2. The van der Waals surface area contributed by atoms with Crippen molar-refractivity contribution in [1.82, 2.24) is 9.88 Å². The molecule has 94 valence electrons. The van der Waals surface area contributed by atoms with E-state index in [2.05, 4.69) is 4.98 Å². The fourth-order valence-electron chi connectivity index (χ4n) is 1.28. The van der Waals surface area contributed by atoms with Gasteiger partial charge in [-0.05, 0) is 19.9 Å². The van der Waals surface area contributed by atoms with Crippen molar-refractivity contribution < 1.29 is 9.53 Å². The highest BCUT2D eigenvalue weighted by atomic mass is 35.5. The lowest BCUT2D eigenvalue weighted by Gasteiger charge is -2.18. The molecule has 1 aromatic rings. The SMILES string of the molecule is CC(C)OCCN(C)C(=O)c1ccncc1Cl. The van der Waals surface area contributed by atoms with Crippen molar-refractivity contribution >= 4 is 17.5 Å². The van der Waals surface area contributed by atoms with Crippen LogP contribution in [-0.4, -0.2) is 42.1 Å². The lowest BCUT2D eigenvalue weighted by molar-refractivity contribution is 0.0532. The van der Waals surface area contributed by atoms with E-state index in [0.717, 1.165) is 0 Å². The van der Waals surface area contributed by atoms with Crippen LogP contribution in [0.4, 0.5) is 0 Å². The highest BCUT2D eigenvalue weighted by molar-refractivity contribution is 6.33. The minimum Gasteiger partial charge on any atom is -0.377 e. The van der Waals surface area contributed by atoms with E-state index in [1.807, 2.05) is 13.8 Å². The Morgan fingerprint density at radius 1 is 1.59 bits per heavy atom. The van der Waals surface area contributed by atoms with Gasteiger partial charge in [-0.15, -0.1) is 0 Å². The van der Waals surface area contributed by atoms with Gasteiger partial charge in [0.1, 0.15) is 0 Å². The van der Waals surface area contributed by atoms with Crippen LogP contribution in [0.15, 0.2) is 18.5 Å². The van der Waals surface area contributed by atoms with Crippen molar-refractivity contribution in [1.29, 1.82) is 0 Å². The number of amides is 1. The van der Waals surface area contributed by atoms with Gasteiger partial charge < -0.3 is 9.64 Å². The number of aromatic nitrogens is 1. The molecule has 0 saturated heterocycles. The average Bonchev–Trinajstić information content (AvgIpc) is 2.28. The van der Waals surface area contributed by atoms with Crippen molar-refractivity contribution in [2.45, 2.75) is 20.0 Å². The quantitative estimate of drug-likeness (QED) is 0.811. The lowest BCUT2D eigenvalue weighted by atomic mass is 10.2. The molecule has 0 saturated carbocycles. The molecule has 1 heterocycles. The first-order valence-corrected chi connectivity index (χ1v) is 5.86. The fraction of sp³-hybridized carbons (Fsp3) is 0.500. The van der Waals surface area contributed by atoms with Crippen LogP contribution < -0.4 is 0 Å². The van der Waals surface area contributed by atoms with Crippen molar-refractivity contribution in [3.05, 3.63) is 29.0 Å². The van der Waals surface area contributed by atoms with E-state index in [1.165, 1.54) is 6.20 Å². The van der Waals surface area contributed by atoms with Gasteiger partial charge in [0.2, 0.25) is 0 Å². The standard InChI is InChI=1S/C12H17ClN2O2/c1-9(2)17-7-6-15(3)12(16)10-4-5-14-8-11(10)13/h4-5,8-9H,6-7H2,1-3H3. The third kappa shape index (κ3) is 4.32. The topological polar surface area (TPSA) is 42.4 Å². The van der Waals surface area contributed by atoms with Gasteiger partial charge >= 0.3 is 0 Å². The molecule has 0 aliphatic rings. The van der Waals surface area contributed by atoms with Gasteiger partial charge in [0, 0.05) is 26.0 Å². The summed E-state index contributed by atoms with van der Waals surface area (Å²) in [7, 11) is 1.72. The number of hydrogen-bond donors (Lipinski definition) is 0.